The molecule has 0 saturated heterocycles. The Morgan fingerprint density at radius 3 is 2.78 bits per heavy atom. The second-order valence-corrected chi connectivity index (χ2v) is 4.85. The van der Waals surface area contributed by atoms with Gasteiger partial charge in [0, 0.05) is 17.2 Å². The van der Waals surface area contributed by atoms with Crippen molar-refractivity contribution in [3.05, 3.63) is 40.1 Å². The number of carbonyl (C=O) groups excluding carboxylic acids is 1. The Bertz CT molecular complexity index is 606. The lowest BCUT2D eigenvalue weighted by Gasteiger charge is -2.06. The Hall–Kier alpha value is -1.82. The molecule has 0 aliphatic carbocycles. The van der Waals surface area contributed by atoms with Crippen LogP contribution in [0.4, 0.5) is 11.4 Å². The van der Waals surface area contributed by atoms with E-state index in [1.165, 1.54) is 4.68 Å². The summed E-state index contributed by atoms with van der Waals surface area (Å²) >= 11 is 3.35. The van der Waals surface area contributed by atoms with E-state index in [0.717, 1.165) is 4.47 Å². The van der Waals surface area contributed by atoms with Crippen LogP contribution in [0, 0.1) is 6.92 Å². The summed E-state index contributed by atoms with van der Waals surface area (Å²) in [4.78, 5) is 12.1. The van der Waals surface area contributed by atoms with Crippen LogP contribution < -0.4 is 11.1 Å². The number of anilines is 2. The van der Waals surface area contributed by atoms with Gasteiger partial charge < -0.3 is 11.1 Å². The van der Waals surface area contributed by atoms with E-state index >= 15 is 0 Å². The van der Waals surface area contributed by atoms with E-state index in [1.807, 2.05) is 24.3 Å². The summed E-state index contributed by atoms with van der Waals surface area (Å²) < 4.78 is 2.38. The molecule has 18 heavy (non-hydrogen) atoms. The van der Waals surface area contributed by atoms with Gasteiger partial charge in [0.15, 0.2) is 0 Å². The van der Waals surface area contributed by atoms with Crippen molar-refractivity contribution in [2.75, 3.05) is 11.1 Å². The highest BCUT2D eigenvalue weighted by Gasteiger charge is 2.17. The predicted octanol–water partition coefficient (Wildman–Crippen LogP) is 2.33. The van der Waals surface area contributed by atoms with Gasteiger partial charge in [0.2, 0.25) is 0 Å². The topological polar surface area (TPSA) is 72.9 Å². The van der Waals surface area contributed by atoms with Crippen LogP contribution in [0.25, 0.3) is 0 Å². The maximum absolute atomic E-state index is 12.1. The quantitative estimate of drug-likeness (QED) is 0.894. The number of nitrogens with zero attached hydrogens (tertiary/aromatic N) is 2. The maximum Gasteiger partial charge on any atom is 0.276 e. The monoisotopic (exact) mass is 308 g/mol. The Kier molecular flexibility index (Phi) is 3.38. The average Bonchev–Trinajstić information content (AvgIpc) is 2.53. The molecular weight excluding hydrogens is 296 g/mol. The van der Waals surface area contributed by atoms with Gasteiger partial charge in [-0.2, -0.15) is 5.10 Å². The molecule has 0 aliphatic rings. The minimum absolute atomic E-state index is 0.270. The van der Waals surface area contributed by atoms with Gasteiger partial charge in [-0.1, -0.05) is 22.0 Å². The molecule has 0 aliphatic heterocycles. The Balaban J connectivity index is 2.27. The number of hydrogen-bond acceptors (Lipinski definition) is 3. The number of nitrogens with one attached hydrogen (secondary N) is 1. The standard InChI is InChI=1S/C12H13BrN4O/c1-7-10(14)11(17(2)16-7)12(18)15-9-5-3-4-8(13)6-9/h3-6H,14H2,1-2H3,(H,15,18). The largest absolute Gasteiger partial charge is 0.395 e. The molecule has 0 saturated carbocycles. The van der Waals surface area contributed by atoms with Gasteiger partial charge in [-0.25, -0.2) is 0 Å². The normalized spacial score (nSPS) is 10.4. The van der Waals surface area contributed by atoms with Gasteiger partial charge in [-0.15, -0.1) is 0 Å². The molecule has 1 amide bonds. The Labute approximate surface area is 113 Å². The zero-order valence-corrected chi connectivity index (χ0v) is 11.7. The molecule has 2 rings (SSSR count). The molecule has 1 aromatic heterocycles. The molecular formula is C12H13BrN4O. The zero-order valence-electron chi connectivity index (χ0n) is 10.1. The number of aromatic nitrogens is 2. The second kappa shape index (κ2) is 4.81. The fourth-order valence-corrected chi connectivity index (χ4v) is 2.10. The Morgan fingerprint density at radius 2 is 2.22 bits per heavy atom. The molecule has 1 aromatic carbocycles. The number of nitrogen functional groups attached to an aromatic ring is 1. The van der Waals surface area contributed by atoms with E-state index in [-0.39, 0.29) is 5.91 Å². The lowest BCUT2D eigenvalue weighted by molar-refractivity contribution is 0.101. The molecule has 0 bridgehead atoms. The lowest BCUT2D eigenvalue weighted by Crippen LogP contribution is -2.17. The number of amides is 1. The van der Waals surface area contributed by atoms with Crippen molar-refractivity contribution in [1.82, 2.24) is 9.78 Å². The van der Waals surface area contributed by atoms with Crippen molar-refractivity contribution >= 4 is 33.2 Å². The summed E-state index contributed by atoms with van der Waals surface area (Å²) in [5, 5.41) is 6.90. The van der Waals surface area contributed by atoms with Crippen LogP contribution in [0.5, 0.6) is 0 Å². The molecule has 5 nitrogen and oxygen atoms in total. The molecule has 6 heteroatoms. The van der Waals surface area contributed by atoms with Gasteiger partial charge >= 0.3 is 0 Å². The third kappa shape index (κ3) is 2.38. The molecule has 0 spiro atoms. The minimum Gasteiger partial charge on any atom is -0.395 e. The number of halogens is 1. The van der Waals surface area contributed by atoms with Gasteiger partial charge in [0.05, 0.1) is 11.4 Å². The first kappa shape index (κ1) is 12.6. The summed E-state index contributed by atoms with van der Waals surface area (Å²) in [6, 6.07) is 7.36. The number of rotatable bonds is 2. The molecule has 94 valence electrons. The van der Waals surface area contributed by atoms with E-state index in [2.05, 4.69) is 26.3 Å². The SMILES string of the molecule is Cc1nn(C)c(C(=O)Nc2cccc(Br)c2)c1N. The lowest BCUT2D eigenvalue weighted by atomic mass is 10.2. The number of aryl methyl sites for hydroxylation is 2. The van der Waals surface area contributed by atoms with Crippen molar-refractivity contribution in [1.29, 1.82) is 0 Å². The predicted molar refractivity (Wildman–Crippen MR) is 74.5 cm³/mol. The van der Waals surface area contributed by atoms with Crippen molar-refractivity contribution in [2.24, 2.45) is 7.05 Å². The summed E-state index contributed by atoms with van der Waals surface area (Å²) in [6.07, 6.45) is 0. The zero-order chi connectivity index (χ0) is 13.3. The molecule has 0 atom stereocenters. The number of benzene rings is 1. The van der Waals surface area contributed by atoms with Gasteiger partial charge in [0.25, 0.3) is 5.91 Å². The van der Waals surface area contributed by atoms with Crippen LogP contribution in [0.15, 0.2) is 28.7 Å². The van der Waals surface area contributed by atoms with E-state index in [9.17, 15) is 4.79 Å². The first-order valence-electron chi connectivity index (χ1n) is 5.35. The smallest absolute Gasteiger partial charge is 0.276 e. The fraction of sp³-hybridized carbons (Fsp3) is 0.167. The van der Waals surface area contributed by atoms with E-state index < -0.39 is 0 Å². The fourth-order valence-electron chi connectivity index (χ4n) is 1.70. The summed E-state index contributed by atoms with van der Waals surface area (Å²) in [6.45, 7) is 1.77. The number of nitrogens with two attached hydrogens (primary N) is 1. The van der Waals surface area contributed by atoms with E-state index in [0.29, 0.717) is 22.8 Å². The van der Waals surface area contributed by atoms with Gasteiger partial charge in [-0.3, -0.25) is 9.48 Å². The van der Waals surface area contributed by atoms with E-state index in [4.69, 9.17) is 5.73 Å². The number of carbonyl (C=O) groups is 1. The first-order chi connectivity index (χ1) is 8.49. The molecule has 2 aromatic rings. The molecule has 0 fully saturated rings. The van der Waals surface area contributed by atoms with Crippen molar-refractivity contribution in [2.45, 2.75) is 6.92 Å². The average molecular weight is 309 g/mol. The van der Waals surface area contributed by atoms with Crippen molar-refractivity contribution < 1.29 is 4.79 Å². The summed E-state index contributed by atoms with van der Waals surface area (Å²) in [7, 11) is 1.69. The highest BCUT2D eigenvalue weighted by Crippen LogP contribution is 2.19. The second-order valence-electron chi connectivity index (χ2n) is 3.94. The molecule has 0 radical (unpaired) electrons. The van der Waals surface area contributed by atoms with Crippen molar-refractivity contribution in [3.63, 3.8) is 0 Å². The third-order valence-electron chi connectivity index (χ3n) is 2.57. The van der Waals surface area contributed by atoms with Crippen molar-refractivity contribution in [3.8, 4) is 0 Å². The molecule has 1 heterocycles. The van der Waals surface area contributed by atoms with E-state index in [1.54, 1.807) is 14.0 Å². The van der Waals surface area contributed by atoms with Gasteiger partial charge in [0.1, 0.15) is 5.69 Å². The van der Waals surface area contributed by atoms with Crippen LogP contribution in [0.3, 0.4) is 0 Å². The van der Waals surface area contributed by atoms with Crippen LogP contribution in [-0.2, 0) is 7.05 Å². The third-order valence-corrected chi connectivity index (χ3v) is 3.06. The van der Waals surface area contributed by atoms with Crippen LogP contribution in [0.1, 0.15) is 16.2 Å². The highest BCUT2D eigenvalue weighted by atomic mass is 79.9. The maximum atomic E-state index is 12.1. The highest BCUT2D eigenvalue weighted by molar-refractivity contribution is 9.10. The van der Waals surface area contributed by atoms with Crippen LogP contribution in [-0.4, -0.2) is 15.7 Å². The molecule has 3 N–H and O–H groups in total. The Morgan fingerprint density at radius 1 is 1.50 bits per heavy atom. The van der Waals surface area contributed by atoms with Gasteiger partial charge in [-0.05, 0) is 25.1 Å². The van der Waals surface area contributed by atoms with Crippen LogP contribution in [0.2, 0.25) is 0 Å². The number of hydrogen-bond donors (Lipinski definition) is 2. The summed E-state index contributed by atoms with van der Waals surface area (Å²) in [5.74, 6) is -0.270. The molecule has 0 unspecified atom stereocenters. The van der Waals surface area contributed by atoms with Crippen LogP contribution >= 0.6 is 15.9 Å². The summed E-state index contributed by atoms with van der Waals surface area (Å²) in [5.41, 5.74) is 7.96. The minimum atomic E-state index is -0.270. The first-order valence-corrected chi connectivity index (χ1v) is 6.14.